The van der Waals surface area contributed by atoms with E-state index in [0.717, 1.165) is 17.0 Å². The molecule has 0 saturated heterocycles. The van der Waals surface area contributed by atoms with E-state index in [9.17, 15) is 9.50 Å². The molecular weight excluding hydrogens is 267 g/mol. The number of benzene rings is 1. The molecule has 0 spiro atoms. The van der Waals surface area contributed by atoms with Crippen LogP contribution in [-0.2, 0) is 13.5 Å². The van der Waals surface area contributed by atoms with Crippen molar-refractivity contribution in [2.24, 2.45) is 7.05 Å². The smallest absolute Gasteiger partial charge is 0.127 e. The van der Waals surface area contributed by atoms with Gasteiger partial charge < -0.3 is 5.11 Å². The highest BCUT2D eigenvalue weighted by molar-refractivity contribution is 6.30. The molecule has 1 atom stereocenters. The molecule has 0 radical (unpaired) electrons. The lowest BCUT2D eigenvalue weighted by Crippen LogP contribution is -2.06. The highest BCUT2D eigenvalue weighted by Crippen LogP contribution is 2.26. The topological polar surface area (TPSA) is 38.0 Å². The summed E-state index contributed by atoms with van der Waals surface area (Å²) in [5.74, 6) is -0.397. The van der Waals surface area contributed by atoms with Crippen LogP contribution < -0.4 is 0 Å². The quantitative estimate of drug-likeness (QED) is 0.939. The normalized spacial score (nSPS) is 12.7. The second-order valence-corrected chi connectivity index (χ2v) is 5.10. The summed E-state index contributed by atoms with van der Waals surface area (Å²) in [6, 6.07) is 4.48. The summed E-state index contributed by atoms with van der Waals surface area (Å²) < 4.78 is 15.4. The number of aliphatic hydroxyl groups excluding tert-OH is 1. The lowest BCUT2D eigenvalue weighted by atomic mass is 9.99. The van der Waals surface area contributed by atoms with E-state index in [1.165, 1.54) is 6.07 Å². The predicted octanol–water partition coefficient (Wildman–Crippen LogP) is 3.11. The zero-order valence-electron chi connectivity index (χ0n) is 11.1. The Morgan fingerprint density at radius 2 is 2.11 bits per heavy atom. The Morgan fingerprint density at radius 1 is 1.42 bits per heavy atom. The van der Waals surface area contributed by atoms with Crippen LogP contribution in [0.3, 0.4) is 0 Å². The molecule has 0 aliphatic carbocycles. The molecule has 1 aromatic carbocycles. The van der Waals surface area contributed by atoms with Crippen LogP contribution in [0.25, 0.3) is 0 Å². The molecule has 0 bridgehead atoms. The van der Waals surface area contributed by atoms with Crippen LogP contribution in [0.5, 0.6) is 0 Å². The second-order valence-electron chi connectivity index (χ2n) is 4.66. The number of aliphatic hydroxyl groups is 1. The van der Waals surface area contributed by atoms with Gasteiger partial charge in [-0.05, 0) is 31.5 Å². The molecule has 1 heterocycles. The summed E-state index contributed by atoms with van der Waals surface area (Å²) in [5, 5.41) is 14.9. The molecule has 2 aromatic rings. The van der Waals surface area contributed by atoms with E-state index in [-0.39, 0.29) is 6.42 Å². The lowest BCUT2D eigenvalue weighted by molar-refractivity contribution is 0.175. The van der Waals surface area contributed by atoms with E-state index in [1.54, 1.807) is 16.8 Å². The van der Waals surface area contributed by atoms with Gasteiger partial charge in [-0.2, -0.15) is 5.10 Å². The van der Waals surface area contributed by atoms with E-state index < -0.39 is 11.9 Å². The SMILES string of the molecule is Cc1nn(C)c(C)c1C(O)Cc1ccc(Cl)cc1F. The third kappa shape index (κ3) is 2.80. The maximum absolute atomic E-state index is 13.7. The van der Waals surface area contributed by atoms with Gasteiger partial charge in [-0.1, -0.05) is 17.7 Å². The number of hydrogen-bond donors (Lipinski definition) is 1. The van der Waals surface area contributed by atoms with Crippen molar-refractivity contribution in [3.05, 3.63) is 51.6 Å². The fourth-order valence-corrected chi connectivity index (χ4v) is 2.43. The van der Waals surface area contributed by atoms with Gasteiger partial charge in [-0.15, -0.1) is 0 Å². The van der Waals surface area contributed by atoms with Crippen molar-refractivity contribution >= 4 is 11.6 Å². The van der Waals surface area contributed by atoms with Crippen LogP contribution in [0.1, 0.15) is 28.6 Å². The molecule has 0 fully saturated rings. The Morgan fingerprint density at radius 3 is 2.63 bits per heavy atom. The van der Waals surface area contributed by atoms with Crippen molar-refractivity contribution in [3.8, 4) is 0 Å². The Labute approximate surface area is 116 Å². The Bertz CT molecular complexity index is 610. The number of halogens is 2. The first-order chi connectivity index (χ1) is 8.90. The highest BCUT2D eigenvalue weighted by Gasteiger charge is 2.19. The summed E-state index contributed by atoms with van der Waals surface area (Å²) in [4.78, 5) is 0. The van der Waals surface area contributed by atoms with Crippen molar-refractivity contribution in [2.75, 3.05) is 0 Å². The molecule has 0 saturated carbocycles. The number of hydrogen-bond acceptors (Lipinski definition) is 2. The molecule has 1 aromatic heterocycles. The minimum absolute atomic E-state index is 0.205. The van der Waals surface area contributed by atoms with Gasteiger partial charge in [0, 0.05) is 29.7 Å². The summed E-state index contributed by atoms with van der Waals surface area (Å²) in [5.41, 5.74) is 2.86. The average Bonchev–Trinajstić information content (AvgIpc) is 2.57. The number of rotatable bonds is 3. The maximum Gasteiger partial charge on any atom is 0.127 e. The largest absolute Gasteiger partial charge is 0.388 e. The van der Waals surface area contributed by atoms with Gasteiger partial charge in [0.1, 0.15) is 5.82 Å². The van der Waals surface area contributed by atoms with Crippen molar-refractivity contribution in [1.29, 1.82) is 0 Å². The molecule has 19 heavy (non-hydrogen) atoms. The molecular formula is C14H16ClFN2O. The van der Waals surface area contributed by atoms with Gasteiger partial charge in [-0.25, -0.2) is 4.39 Å². The fourth-order valence-electron chi connectivity index (χ4n) is 2.27. The first-order valence-electron chi connectivity index (χ1n) is 6.02. The predicted molar refractivity (Wildman–Crippen MR) is 72.8 cm³/mol. The molecule has 1 N–H and O–H groups in total. The van der Waals surface area contributed by atoms with Crippen LogP contribution in [0.2, 0.25) is 5.02 Å². The van der Waals surface area contributed by atoms with Crippen LogP contribution in [0.4, 0.5) is 4.39 Å². The van der Waals surface area contributed by atoms with E-state index in [2.05, 4.69) is 5.10 Å². The Kier molecular flexibility index (Phi) is 3.92. The third-order valence-corrected chi connectivity index (χ3v) is 3.56. The number of nitrogens with zero attached hydrogens (tertiary/aromatic N) is 2. The van der Waals surface area contributed by atoms with E-state index in [0.29, 0.717) is 10.6 Å². The molecule has 2 rings (SSSR count). The average molecular weight is 283 g/mol. The molecule has 0 amide bonds. The maximum atomic E-state index is 13.7. The first-order valence-corrected chi connectivity index (χ1v) is 6.40. The molecule has 3 nitrogen and oxygen atoms in total. The van der Waals surface area contributed by atoms with E-state index in [4.69, 9.17) is 11.6 Å². The summed E-state index contributed by atoms with van der Waals surface area (Å²) in [6.07, 6.45) is -0.569. The number of aryl methyl sites for hydroxylation is 2. The second kappa shape index (κ2) is 5.31. The van der Waals surface area contributed by atoms with Crippen LogP contribution in [-0.4, -0.2) is 14.9 Å². The summed E-state index contributed by atoms with van der Waals surface area (Å²) in [7, 11) is 1.82. The van der Waals surface area contributed by atoms with Crippen LogP contribution >= 0.6 is 11.6 Å². The van der Waals surface area contributed by atoms with Gasteiger partial charge in [0.15, 0.2) is 0 Å². The first kappa shape index (κ1) is 14.0. The Hall–Kier alpha value is -1.39. The molecule has 0 aliphatic heterocycles. The van der Waals surface area contributed by atoms with Crippen LogP contribution in [0.15, 0.2) is 18.2 Å². The van der Waals surface area contributed by atoms with Gasteiger partial charge >= 0.3 is 0 Å². The minimum atomic E-state index is -0.774. The zero-order valence-corrected chi connectivity index (χ0v) is 11.9. The fraction of sp³-hybridized carbons (Fsp3) is 0.357. The molecule has 0 aliphatic rings. The zero-order chi connectivity index (χ0) is 14.2. The number of aromatic nitrogens is 2. The summed E-state index contributed by atoms with van der Waals surface area (Å²) in [6.45, 7) is 3.72. The monoisotopic (exact) mass is 282 g/mol. The summed E-state index contributed by atoms with van der Waals surface area (Å²) >= 11 is 5.71. The molecule has 1 unspecified atom stereocenters. The van der Waals surface area contributed by atoms with E-state index in [1.807, 2.05) is 20.9 Å². The third-order valence-electron chi connectivity index (χ3n) is 3.33. The standard InChI is InChI=1S/C14H16ClFN2O/c1-8-14(9(2)18(3)17-8)13(19)6-10-4-5-11(15)7-12(10)16/h4-5,7,13,19H,6H2,1-3H3. The molecule has 102 valence electrons. The Balaban J connectivity index is 2.28. The van der Waals surface area contributed by atoms with Gasteiger partial charge in [0.25, 0.3) is 0 Å². The molecule has 5 heteroatoms. The van der Waals surface area contributed by atoms with Gasteiger partial charge in [0.05, 0.1) is 11.8 Å². The van der Waals surface area contributed by atoms with Crippen molar-refractivity contribution in [1.82, 2.24) is 9.78 Å². The van der Waals surface area contributed by atoms with Crippen molar-refractivity contribution in [2.45, 2.75) is 26.4 Å². The lowest BCUT2D eigenvalue weighted by Gasteiger charge is -2.12. The van der Waals surface area contributed by atoms with Crippen LogP contribution in [0, 0.1) is 19.7 Å². The van der Waals surface area contributed by atoms with E-state index >= 15 is 0 Å². The highest BCUT2D eigenvalue weighted by atomic mass is 35.5. The van der Waals surface area contributed by atoms with Crippen molar-refractivity contribution < 1.29 is 9.50 Å². The minimum Gasteiger partial charge on any atom is -0.388 e. The van der Waals surface area contributed by atoms with Crippen molar-refractivity contribution in [3.63, 3.8) is 0 Å². The van der Waals surface area contributed by atoms with Gasteiger partial charge in [0.2, 0.25) is 0 Å². The van der Waals surface area contributed by atoms with Gasteiger partial charge in [-0.3, -0.25) is 4.68 Å².